The van der Waals surface area contributed by atoms with Crippen molar-refractivity contribution < 1.29 is 0 Å². The van der Waals surface area contributed by atoms with Crippen molar-refractivity contribution in [2.45, 2.75) is 13.1 Å². The molecule has 1 aromatic carbocycles. The van der Waals surface area contributed by atoms with Gasteiger partial charge in [0, 0.05) is 30.8 Å². The van der Waals surface area contributed by atoms with E-state index in [1.807, 2.05) is 13.1 Å². The molecule has 0 saturated heterocycles. The summed E-state index contributed by atoms with van der Waals surface area (Å²) in [6.45, 7) is 1.67. The van der Waals surface area contributed by atoms with Crippen LogP contribution >= 0.6 is 38.9 Å². The van der Waals surface area contributed by atoms with Crippen LogP contribution in [0.1, 0.15) is 11.1 Å². The molecule has 2 aromatic rings. The summed E-state index contributed by atoms with van der Waals surface area (Å²) in [4.78, 5) is 2.20. The highest BCUT2D eigenvalue weighted by molar-refractivity contribution is 9.11. The van der Waals surface area contributed by atoms with Gasteiger partial charge in [-0.3, -0.25) is 0 Å². The fourth-order valence-corrected chi connectivity index (χ4v) is 3.34. The van der Waals surface area contributed by atoms with Crippen LogP contribution in [0.3, 0.4) is 0 Å². The Balaban J connectivity index is 2.10. The third kappa shape index (κ3) is 3.96. The van der Waals surface area contributed by atoms with Gasteiger partial charge in [0.1, 0.15) is 0 Å². The summed E-state index contributed by atoms with van der Waals surface area (Å²) >= 11 is 11.5. The van der Waals surface area contributed by atoms with Crippen LogP contribution in [0.25, 0.3) is 0 Å². The first-order valence-corrected chi connectivity index (χ1v) is 8.02. The predicted octanol–water partition coefficient (Wildman–Crippen LogP) is 4.52. The van der Waals surface area contributed by atoms with E-state index in [0.29, 0.717) is 0 Å². The number of benzene rings is 1. The van der Waals surface area contributed by atoms with Gasteiger partial charge in [0.25, 0.3) is 0 Å². The monoisotopic (exact) mass is 358 g/mol. The average Bonchev–Trinajstić information content (AvgIpc) is 2.77. The van der Waals surface area contributed by atoms with Crippen molar-refractivity contribution in [2.24, 2.45) is 0 Å². The fourth-order valence-electron chi connectivity index (χ4n) is 1.90. The second-order valence-electron chi connectivity index (χ2n) is 4.42. The van der Waals surface area contributed by atoms with Gasteiger partial charge in [0.2, 0.25) is 0 Å². The maximum Gasteiger partial charge on any atom is 0.0701 e. The molecule has 2 nitrogen and oxygen atoms in total. The summed E-state index contributed by atoms with van der Waals surface area (Å²) in [5.41, 5.74) is 3.56. The largest absolute Gasteiger partial charge is 0.370 e. The van der Waals surface area contributed by atoms with Gasteiger partial charge >= 0.3 is 0 Å². The topological polar surface area (TPSA) is 15.3 Å². The van der Waals surface area contributed by atoms with Gasteiger partial charge in [-0.25, -0.2) is 0 Å². The van der Waals surface area contributed by atoms with Crippen LogP contribution in [0.5, 0.6) is 0 Å². The number of halogens is 2. The van der Waals surface area contributed by atoms with E-state index in [1.165, 1.54) is 9.35 Å². The molecular weight excluding hydrogens is 344 g/mol. The first-order valence-electron chi connectivity index (χ1n) is 5.97. The van der Waals surface area contributed by atoms with Gasteiger partial charge in [0.05, 0.1) is 3.79 Å². The second-order valence-corrected chi connectivity index (χ2v) is 7.12. The zero-order valence-electron chi connectivity index (χ0n) is 10.9. The van der Waals surface area contributed by atoms with E-state index < -0.39 is 0 Å². The summed E-state index contributed by atoms with van der Waals surface area (Å²) in [5, 5.41) is 6.09. The molecule has 19 heavy (non-hydrogen) atoms. The van der Waals surface area contributed by atoms with E-state index in [-0.39, 0.29) is 0 Å². The molecule has 0 radical (unpaired) electrons. The van der Waals surface area contributed by atoms with Gasteiger partial charge < -0.3 is 10.2 Å². The van der Waals surface area contributed by atoms with Crippen LogP contribution in [-0.2, 0) is 13.1 Å². The highest BCUT2D eigenvalue weighted by Crippen LogP contribution is 2.26. The van der Waals surface area contributed by atoms with Crippen molar-refractivity contribution in [1.82, 2.24) is 5.32 Å². The molecule has 1 N–H and O–H groups in total. The van der Waals surface area contributed by atoms with Gasteiger partial charge in [-0.05, 0) is 57.7 Å². The summed E-state index contributed by atoms with van der Waals surface area (Å²) < 4.78 is 1.17. The summed E-state index contributed by atoms with van der Waals surface area (Å²) in [7, 11) is 4.00. The Morgan fingerprint density at radius 2 is 2.16 bits per heavy atom. The van der Waals surface area contributed by atoms with E-state index in [9.17, 15) is 0 Å². The van der Waals surface area contributed by atoms with Crippen LogP contribution in [0.4, 0.5) is 5.69 Å². The van der Waals surface area contributed by atoms with Gasteiger partial charge in [-0.1, -0.05) is 17.7 Å². The maximum absolute atomic E-state index is 6.29. The van der Waals surface area contributed by atoms with Crippen molar-refractivity contribution >= 4 is 44.6 Å². The van der Waals surface area contributed by atoms with Gasteiger partial charge in [0.15, 0.2) is 0 Å². The molecule has 0 aliphatic rings. The lowest BCUT2D eigenvalue weighted by molar-refractivity contribution is 0.817. The number of rotatable bonds is 5. The molecule has 0 amide bonds. The van der Waals surface area contributed by atoms with Crippen molar-refractivity contribution in [3.8, 4) is 0 Å². The Morgan fingerprint density at radius 1 is 1.37 bits per heavy atom. The molecule has 0 saturated carbocycles. The molecular formula is C14H16BrClN2S. The molecule has 1 heterocycles. The molecule has 0 aliphatic carbocycles. The minimum Gasteiger partial charge on any atom is -0.370 e. The molecule has 0 atom stereocenters. The predicted molar refractivity (Wildman–Crippen MR) is 88.3 cm³/mol. The lowest BCUT2D eigenvalue weighted by atomic mass is 10.2. The number of hydrogen-bond donors (Lipinski definition) is 1. The Labute approximate surface area is 131 Å². The summed E-state index contributed by atoms with van der Waals surface area (Å²) in [6.07, 6.45) is 0. The number of anilines is 1. The molecule has 0 spiro atoms. The van der Waals surface area contributed by atoms with Crippen LogP contribution in [0, 0.1) is 0 Å². The van der Waals surface area contributed by atoms with Crippen molar-refractivity contribution in [1.29, 1.82) is 0 Å². The molecule has 0 aliphatic heterocycles. The molecule has 1 aromatic heterocycles. The first kappa shape index (κ1) is 14.9. The molecule has 0 bridgehead atoms. The number of hydrogen-bond acceptors (Lipinski definition) is 3. The van der Waals surface area contributed by atoms with E-state index >= 15 is 0 Å². The Bertz CT molecular complexity index is 556. The zero-order chi connectivity index (χ0) is 13.8. The Hall–Kier alpha value is -0.550. The molecule has 5 heteroatoms. The van der Waals surface area contributed by atoms with E-state index in [2.05, 4.69) is 56.8 Å². The average molecular weight is 360 g/mol. The summed E-state index contributed by atoms with van der Waals surface area (Å²) in [6, 6.07) is 8.36. The number of thiophene rings is 1. The van der Waals surface area contributed by atoms with Crippen LogP contribution in [-0.4, -0.2) is 14.1 Å². The van der Waals surface area contributed by atoms with E-state index in [4.69, 9.17) is 11.6 Å². The van der Waals surface area contributed by atoms with Gasteiger partial charge in [-0.15, -0.1) is 11.3 Å². The smallest absolute Gasteiger partial charge is 0.0701 e. The molecule has 2 rings (SSSR count). The number of nitrogens with one attached hydrogen (secondary N) is 1. The molecule has 0 fully saturated rings. The zero-order valence-corrected chi connectivity index (χ0v) is 14.1. The first-order chi connectivity index (χ1) is 9.10. The standard InChI is InChI=1S/C14H16BrClN2S/c1-17-7-11-3-4-12(6-13(11)16)18(2)8-10-5-14(15)19-9-10/h3-6,9,17H,7-8H2,1-2H3. The van der Waals surface area contributed by atoms with Crippen LogP contribution in [0.2, 0.25) is 5.02 Å². The highest BCUT2D eigenvalue weighted by atomic mass is 79.9. The Kier molecular flexibility index (Phi) is 5.28. The van der Waals surface area contributed by atoms with E-state index in [0.717, 1.165) is 29.4 Å². The van der Waals surface area contributed by atoms with E-state index in [1.54, 1.807) is 11.3 Å². The quantitative estimate of drug-likeness (QED) is 0.844. The fraction of sp³-hybridized carbons (Fsp3) is 0.286. The lowest BCUT2D eigenvalue weighted by Crippen LogP contribution is -2.16. The minimum absolute atomic E-state index is 0.792. The van der Waals surface area contributed by atoms with Crippen molar-refractivity contribution in [3.05, 3.63) is 49.6 Å². The molecule has 102 valence electrons. The maximum atomic E-state index is 6.29. The normalized spacial score (nSPS) is 10.7. The third-order valence-electron chi connectivity index (χ3n) is 2.89. The summed E-state index contributed by atoms with van der Waals surface area (Å²) in [5.74, 6) is 0. The number of nitrogens with zero attached hydrogens (tertiary/aromatic N) is 1. The highest BCUT2D eigenvalue weighted by Gasteiger charge is 2.07. The third-order valence-corrected chi connectivity index (χ3v) is 4.79. The van der Waals surface area contributed by atoms with Crippen molar-refractivity contribution in [2.75, 3.05) is 19.0 Å². The Morgan fingerprint density at radius 3 is 2.74 bits per heavy atom. The molecule has 0 unspecified atom stereocenters. The van der Waals surface area contributed by atoms with Crippen LogP contribution < -0.4 is 10.2 Å². The second kappa shape index (κ2) is 6.75. The van der Waals surface area contributed by atoms with Crippen molar-refractivity contribution in [3.63, 3.8) is 0 Å². The minimum atomic E-state index is 0.792. The SMILES string of the molecule is CNCc1ccc(N(C)Cc2csc(Br)c2)cc1Cl. The lowest BCUT2D eigenvalue weighted by Gasteiger charge is -2.19. The van der Waals surface area contributed by atoms with Crippen LogP contribution in [0.15, 0.2) is 33.4 Å². The van der Waals surface area contributed by atoms with Gasteiger partial charge in [-0.2, -0.15) is 0 Å².